The molecule has 22 heavy (non-hydrogen) atoms. The van der Waals surface area contributed by atoms with Crippen LogP contribution in [0.25, 0.3) is 0 Å². The van der Waals surface area contributed by atoms with Crippen LogP contribution in [0.3, 0.4) is 0 Å². The van der Waals surface area contributed by atoms with Crippen LogP contribution in [0.5, 0.6) is 0 Å². The van der Waals surface area contributed by atoms with E-state index in [9.17, 15) is 5.11 Å². The van der Waals surface area contributed by atoms with E-state index >= 15 is 0 Å². The summed E-state index contributed by atoms with van der Waals surface area (Å²) in [4.78, 5) is 5.06. The van der Waals surface area contributed by atoms with Crippen LogP contribution in [-0.2, 0) is 11.3 Å². The van der Waals surface area contributed by atoms with Gasteiger partial charge in [-0.05, 0) is 58.7 Å². The third kappa shape index (κ3) is 8.89. The van der Waals surface area contributed by atoms with Crippen molar-refractivity contribution >= 4 is 11.3 Å². The molecule has 0 fully saturated rings. The summed E-state index contributed by atoms with van der Waals surface area (Å²) in [6.45, 7) is 15.7. The van der Waals surface area contributed by atoms with E-state index in [1.54, 1.807) is 0 Å². The van der Waals surface area contributed by atoms with Crippen molar-refractivity contribution in [3.05, 3.63) is 21.9 Å². The highest BCUT2D eigenvalue weighted by Gasteiger charge is 2.17. The molecule has 0 unspecified atom stereocenters. The fourth-order valence-electron chi connectivity index (χ4n) is 2.16. The molecule has 0 bridgehead atoms. The molecular formula is C18H33NO2S. The van der Waals surface area contributed by atoms with Crippen LogP contribution >= 0.6 is 11.3 Å². The Morgan fingerprint density at radius 2 is 1.95 bits per heavy atom. The summed E-state index contributed by atoms with van der Waals surface area (Å²) in [5, 5.41) is 10.3. The Kier molecular flexibility index (Phi) is 8.04. The first-order chi connectivity index (χ1) is 10.2. The van der Waals surface area contributed by atoms with Crippen LogP contribution in [0, 0.1) is 12.8 Å². The zero-order valence-electron chi connectivity index (χ0n) is 15.1. The van der Waals surface area contributed by atoms with Crippen LogP contribution in [0.15, 0.2) is 12.1 Å². The quantitative estimate of drug-likeness (QED) is 0.742. The van der Waals surface area contributed by atoms with Gasteiger partial charge in [0.25, 0.3) is 0 Å². The minimum absolute atomic E-state index is 0.200. The summed E-state index contributed by atoms with van der Waals surface area (Å²) in [6, 6.07) is 4.36. The van der Waals surface area contributed by atoms with E-state index in [1.165, 1.54) is 9.75 Å². The van der Waals surface area contributed by atoms with Crippen molar-refractivity contribution in [3.8, 4) is 0 Å². The van der Waals surface area contributed by atoms with E-state index in [1.807, 2.05) is 32.1 Å². The Bertz CT molecular complexity index is 423. The lowest BCUT2D eigenvalue weighted by Crippen LogP contribution is -2.37. The Labute approximate surface area is 140 Å². The second kappa shape index (κ2) is 9.02. The maximum absolute atomic E-state index is 10.3. The molecule has 0 spiro atoms. The van der Waals surface area contributed by atoms with Gasteiger partial charge in [0, 0.05) is 22.8 Å². The average molecular weight is 328 g/mol. The molecule has 3 nitrogen and oxygen atoms in total. The normalized spacial score (nSPS) is 14.0. The van der Waals surface area contributed by atoms with E-state index in [0.717, 1.165) is 19.5 Å². The molecule has 0 saturated carbocycles. The number of hydrogen-bond acceptors (Lipinski definition) is 4. The molecule has 0 aliphatic carbocycles. The highest BCUT2D eigenvalue weighted by atomic mass is 32.1. The lowest BCUT2D eigenvalue weighted by atomic mass is 10.1. The molecule has 1 rings (SSSR count). The largest absolute Gasteiger partial charge is 0.389 e. The lowest BCUT2D eigenvalue weighted by Gasteiger charge is -2.27. The van der Waals surface area contributed by atoms with E-state index in [-0.39, 0.29) is 5.60 Å². The zero-order chi connectivity index (χ0) is 16.8. The van der Waals surface area contributed by atoms with Gasteiger partial charge in [-0.1, -0.05) is 13.8 Å². The third-order valence-corrected chi connectivity index (χ3v) is 4.36. The van der Waals surface area contributed by atoms with E-state index < -0.39 is 6.10 Å². The van der Waals surface area contributed by atoms with Crippen molar-refractivity contribution in [1.82, 2.24) is 4.90 Å². The Morgan fingerprint density at radius 1 is 1.27 bits per heavy atom. The van der Waals surface area contributed by atoms with Crippen molar-refractivity contribution < 1.29 is 9.84 Å². The fourth-order valence-corrected chi connectivity index (χ4v) is 3.10. The third-order valence-electron chi connectivity index (χ3n) is 3.38. The number of thiophene rings is 1. The predicted molar refractivity (Wildman–Crippen MR) is 95.5 cm³/mol. The van der Waals surface area contributed by atoms with Gasteiger partial charge >= 0.3 is 0 Å². The summed E-state index contributed by atoms with van der Waals surface area (Å²) in [6.07, 6.45) is 0.712. The number of ether oxygens (including phenoxy) is 1. The monoisotopic (exact) mass is 327 g/mol. The molecule has 0 amide bonds. The molecule has 1 atom stereocenters. The predicted octanol–water partition coefficient (Wildman–Crippen LogP) is 4.08. The molecule has 1 heterocycles. The number of aliphatic hydroxyl groups excluding tert-OH is 1. The van der Waals surface area contributed by atoms with Gasteiger partial charge in [0.1, 0.15) is 0 Å². The minimum Gasteiger partial charge on any atom is -0.389 e. The van der Waals surface area contributed by atoms with Gasteiger partial charge in [-0.25, -0.2) is 0 Å². The molecule has 0 aromatic carbocycles. The lowest BCUT2D eigenvalue weighted by molar-refractivity contribution is -0.0568. The number of hydrogen-bond donors (Lipinski definition) is 1. The molecule has 0 aliphatic rings. The number of aryl methyl sites for hydroxylation is 1. The standard InChI is InChI=1S/C18H33NO2S/c1-14(2)9-10-19(12-17-8-7-15(3)22-17)11-16(20)13-21-18(4,5)6/h7-8,14,16,20H,9-13H2,1-6H3/t16-/m0/s1. The summed E-state index contributed by atoms with van der Waals surface area (Å²) >= 11 is 1.84. The molecule has 1 N–H and O–H groups in total. The van der Waals surface area contributed by atoms with Crippen LogP contribution < -0.4 is 0 Å². The zero-order valence-corrected chi connectivity index (χ0v) is 15.9. The molecule has 0 saturated heterocycles. The first kappa shape index (κ1) is 19.6. The smallest absolute Gasteiger partial charge is 0.0900 e. The fraction of sp³-hybridized carbons (Fsp3) is 0.778. The summed E-state index contributed by atoms with van der Waals surface area (Å²) in [5.41, 5.74) is -0.200. The Morgan fingerprint density at radius 3 is 2.45 bits per heavy atom. The van der Waals surface area contributed by atoms with Crippen LogP contribution in [0.2, 0.25) is 0 Å². The van der Waals surface area contributed by atoms with Gasteiger partial charge in [-0.3, -0.25) is 4.90 Å². The first-order valence-corrected chi connectivity index (χ1v) is 9.07. The van der Waals surface area contributed by atoms with Crippen molar-refractivity contribution in [2.45, 2.75) is 66.2 Å². The minimum atomic E-state index is -0.438. The topological polar surface area (TPSA) is 32.7 Å². The maximum Gasteiger partial charge on any atom is 0.0900 e. The van der Waals surface area contributed by atoms with Gasteiger partial charge < -0.3 is 9.84 Å². The summed E-state index contributed by atoms with van der Waals surface area (Å²) < 4.78 is 5.70. The van der Waals surface area contributed by atoms with Crippen LogP contribution in [0.4, 0.5) is 0 Å². The second-order valence-corrected chi connectivity index (χ2v) is 8.88. The van der Waals surface area contributed by atoms with E-state index in [0.29, 0.717) is 19.1 Å². The van der Waals surface area contributed by atoms with Gasteiger partial charge in [-0.15, -0.1) is 11.3 Å². The van der Waals surface area contributed by atoms with E-state index in [2.05, 4.69) is 37.8 Å². The van der Waals surface area contributed by atoms with Gasteiger partial charge in [0.15, 0.2) is 0 Å². The molecule has 0 radical (unpaired) electrons. The number of nitrogens with zero attached hydrogens (tertiary/aromatic N) is 1. The Hall–Kier alpha value is -0.420. The molecule has 128 valence electrons. The van der Waals surface area contributed by atoms with Crippen molar-refractivity contribution in [3.63, 3.8) is 0 Å². The number of rotatable bonds is 9. The van der Waals surface area contributed by atoms with Crippen molar-refractivity contribution in [2.24, 2.45) is 5.92 Å². The van der Waals surface area contributed by atoms with Gasteiger partial charge in [0.05, 0.1) is 18.3 Å². The Balaban J connectivity index is 2.53. The highest BCUT2D eigenvalue weighted by molar-refractivity contribution is 7.11. The van der Waals surface area contributed by atoms with E-state index in [4.69, 9.17) is 4.74 Å². The molecule has 0 aliphatic heterocycles. The SMILES string of the molecule is Cc1ccc(CN(CCC(C)C)C[C@H](O)COC(C)(C)C)s1. The summed E-state index contributed by atoms with van der Waals surface area (Å²) in [7, 11) is 0. The van der Waals surface area contributed by atoms with Crippen molar-refractivity contribution in [1.29, 1.82) is 0 Å². The van der Waals surface area contributed by atoms with Gasteiger partial charge in [-0.2, -0.15) is 0 Å². The summed E-state index contributed by atoms with van der Waals surface area (Å²) in [5.74, 6) is 0.676. The average Bonchev–Trinajstić information content (AvgIpc) is 2.78. The first-order valence-electron chi connectivity index (χ1n) is 8.25. The van der Waals surface area contributed by atoms with Crippen molar-refractivity contribution in [2.75, 3.05) is 19.7 Å². The second-order valence-electron chi connectivity index (χ2n) is 7.51. The molecule has 4 heteroatoms. The molecular weight excluding hydrogens is 294 g/mol. The molecule has 1 aromatic heterocycles. The van der Waals surface area contributed by atoms with Crippen LogP contribution in [-0.4, -0.2) is 41.4 Å². The number of aliphatic hydroxyl groups is 1. The maximum atomic E-state index is 10.3. The van der Waals surface area contributed by atoms with Gasteiger partial charge in [0.2, 0.25) is 0 Å². The molecule has 1 aromatic rings. The highest BCUT2D eigenvalue weighted by Crippen LogP contribution is 2.18. The van der Waals surface area contributed by atoms with Crippen LogP contribution in [0.1, 0.15) is 50.8 Å².